The summed E-state index contributed by atoms with van der Waals surface area (Å²) >= 11 is 0. The van der Waals surface area contributed by atoms with Gasteiger partial charge in [0, 0.05) is 12.2 Å². The van der Waals surface area contributed by atoms with E-state index in [1.54, 1.807) is 0 Å². The third-order valence-corrected chi connectivity index (χ3v) is 5.73. The highest BCUT2D eigenvalue weighted by atomic mass is 35.5. The summed E-state index contributed by atoms with van der Waals surface area (Å²) in [5.74, 6) is -0.492. The van der Waals surface area contributed by atoms with Crippen molar-refractivity contribution in [2.45, 2.75) is 19.4 Å². The summed E-state index contributed by atoms with van der Waals surface area (Å²) in [5, 5.41) is 6.14. The average molecular weight is 331 g/mol. The van der Waals surface area contributed by atoms with Crippen molar-refractivity contribution < 1.29 is 13.2 Å². The van der Waals surface area contributed by atoms with Gasteiger partial charge in [0.15, 0.2) is 9.84 Å². The molecule has 116 valence electrons. The van der Waals surface area contributed by atoms with E-state index in [1.807, 2.05) is 18.2 Å². The number of hydrogen-bond acceptors (Lipinski definition) is 4. The van der Waals surface area contributed by atoms with E-state index in [-0.39, 0.29) is 29.8 Å². The van der Waals surface area contributed by atoms with Gasteiger partial charge in [-0.3, -0.25) is 4.79 Å². The molecule has 1 saturated heterocycles. The van der Waals surface area contributed by atoms with E-state index >= 15 is 0 Å². The van der Waals surface area contributed by atoms with Gasteiger partial charge >= 0.3 is 0 Å². The Labute approximate surface area is 130 Å². The molecule has 1 aromatic rings. The summed E-state index contributed by atoms with van der Waals surface area (Å²) in [6, 6.07) is 5.91. The Kier molecular flexibility index (Phi) is 4.91. The minimum atomic E-state index is -3.02. The molecule has 2 aliphatic rings. The Morgan fingerprint density at radius 1 is 1.29 bits per heavy atom. The number of anilines is 1. The molecule has 0 radical (unpaired) electrons. The van der Waals surface area contributed by atoms with Gasteiger partial charge in [0.25, 0.3) is 0 Å². The van der Waals surface area contributed by atoms with E-state index in [2.05, 4.69) is 10.6 Å². The fourth-order valence-corrected chi connectivity index (χ4v) is 4.55. The maximum Gasteiger partial charge on any atom is 0.228 e. The van der Waals surface area contributed by atoms with E-state index in [9.17, 15) is 13.2 Å². The third kappa shape index (κ3) is 3.75. The minimum Gasteiger partial charge on any atom is -0.326 e. The third-order valence-electron chi connectivity index (χ3n) is 3.96. The first-order valence-corrected chi connectivity index (χ1v) is 8.69. The molecular formula is C14H19ClN2O3S. The quantitative estimate of drug-likeness (QED) is 0.852. The summed E-state index contributed by atoms with van der Waals surface area (Å²) in [7, 11) is -3.02. The van der Waals surface area contributed by atoms with E-state index in [0.29, 0.717) is 6.42 Å². The van der Waals surface area contributed by atoms with Gasteiger partial charge in [0.05, 0.1) is 17.4 Å². The van der Waals surface area contributed by atoms with E-state index in [4.69, 9.17) is 0 Å². The van der Waals surface area contributed by atoms with Crippen LogP contribution in [0.1, 0.15) is 17.5 Å². The zero-order valence-electron chi connectivity index (χ0n) is 11.6. The molecule has 7 heteroatoms. The lowest BCUT2D eigenvalue weighted by molar-refractivity contribution is -0.119. The Balaban J connectivity index is 0.00000161. The molecular weight excluding hydrogens is 312 g/mol. The fourth-order valence-electron chi connectivity index (χ4n) is 2.80. The lowest BCUT2D eigenvalue weighted by Gasteiger charge is -2.18. The van der Waals surface area contributed by atoms with E-state index < -0.39 is 15.8 Å². The van der Waals surface area contributed by atoms with Crippen molar-refractivity contribution in [1.82, 2.24) is 5.32 Å². The predicted molar refractivity (Wildman–Crippen MR) is 84.5 cm³/mol. The summed E-state index contributed by atoms with van der Waals surface area (Å²) in [4.78, 5) is 12.1. The van der Waals surface area contributed by atoms with E-state index in [1.165, 1.54) is 11.1 Å². The molecule has 2 N–H and O–H groups in total. The van der Waals surface area contributed by atoms with Crippen molar-refractivity contribution in [3.05, 3.63) is 29.3 Å². The lowest BCUT2D eigenvalue weighted by atomic mass is 10.0. The van der Waals surface area contributed by atoms with Gasteiger partial charge in [-0.25, -0.2) is 8.42 Å². The van der Waals surface area contributed by atoms with Crippen molar-refractivity contribution in [1.29, 1.82) is 0 Å². The van der Waals surface area contributed by atoms with Gasteiger partial charge < -0.3 is 10.6 Å². The largest absolute Gasteiger partial charge is 0.326 e. The molecule has 1 aromatic carbocycles. The first kappa shape index (κ1) is 16.3. The van der Waals surface area contributed by atoms with Gasteiger partial charge in [-0.1, -0.05) is 6.07 Å². The first-order chi connectivity index (χ1) is 9.53. The number of carbonyl (C=O) groups excluding carboxylic acids is 1. The Hall–Kier alpha value is -1.11. The molecule has 3 rings (SSSR count). The second kappa shape index (κ2) is 6.34. The monoisotopic (exact) mass is 330 g/mol. The number of amides is 1. The van der Waals surface area contributed by atoms with Crippen LogP contribution in [-0.2, 0) is 27.6 Å². The number of rotatable bonds is 2. The van der Waals surface area contributed by atoms with Gasteiger partial charge in [-0.05, 0) is 42.6 Å². The SMILES string of the molecule is Cl.O=C(Nc1ccc2c(c1)CNCC2)C1CCS(=O)(=O)C1. The maximum atomic E-state index is 12.1. The number of benzene rings is 1. The molecule has 1 amide bonds. The molecule has 0 aromatic heterocycles. The first-order valence-electron chi connectivity index (χ1n) is 6.87. The summed E-state index contributed by atoms with van der Waals surface area (Å²) in [6.07, 6.45) is 1.44. The summed E-state index contributed by atoms with van der Waals surface area (Å²) in [5.41, 5.74) is 3.26. The van der Waals surface area contributed by atoms with Crippen LogP contribution in [0.4, 0.5) is 5.69 Å². The maximum absolute atomic E-state index is 12.1. The van der Waals surface area contributed by atoms with Crippen molar-refractivity contribution >= 4 is 33.8 Å². The molecule has 1 fully saturated rings. The van der Waals surface area contributed by atoms with Crippen LogP contribution in [0.25, 0.3) is 0 Å². The van der Waals surface area contributed by atoms with Crippen LogP contribution in [0.3, 0.4) is 0 Å². The Morgan fingerprint density at radius 2 is 2.10 bits per heavy atom. The van der Waals surface area contributed by atoms with Crippen LogP contribution in [0.15, 0.2) is 18.2 Å². The number of hydrogen-bond donors (Lipinski definition) is 2. The molecule has 2 aliphatic heterocycles. The highest BCUT2D eigenvalue weighted by Gasteiger charge is 2.32. The normalized spacial score (nSPS) is 23.0. The van der Waals surface area contributed by atoms with Crippen LogP contribution in [0.2, 0.25) is 0 Å². The summed E-state index contributed by atoms with van der Waals surface area (Å²) < 4.78 is 22.8. The number of carbonyl (C=O) groups is 1. The number of sulfone groups is 1. The highest BCUT2D eigenvalue weighted by Crippen LogP contribution is 2.22. The smallest absolute Gasteiger partial charge is 0.228 e. The Bertz CT molecular complexity index is 646. The van der Waals surface area contributed by atoms with Crippen LogP contribution >= 0.6 is 12.4 Å². The topological polar surface area (TPSA) is 75.3 Å². The minimum absolute atomic E-state index is 0. The number of halogens is 1. The molecule has 2 heterocycles. The van der Waals surface area contributed by atoms with Crippen molar-refractivity contribution in [2.75, 3.05) is 23.4 Å². The van der Waals surface area contributed by atoms with Crippen LogP contribution in [0.5, 0.6) is 0 Å². The predicted octanol–water partition coefficient (Wildman–Crippen LogP) is 1.13. The van der Waals surface area contributed by atoms with Gasteiger partial charge in [0.2, 0.25) is 5.91 Å². The molecule has 1 unspecified atom stereocenters. The van der Waals surface area contributed by atoms with E-state index in [0.717, 1.165) is 25.2 Å². The number of nitrogens with one attached hydrogen (secondary N) is 2. The molecule has 1 atom stereocenters. The molecule has 0 aliphatic carbocycles. The van der Waals surface area contributed by atoms with Gasteiger partial charge in [-0.2, -0.15) is 0 Å². The average Bonchev–Trinajstić information content (AvgIpc) is 2.79. The highest BCUT2D eigenvalue weighted by molar-refractivity contribution is 7.91. The second-order valence-corrected chi connectivity index (χ2v) is 7.73. The second-order valence-electron chi connectivity index (χ2n) is 5.50. The molecule has 5 nitrogen and oxygen atoms in total. The molecule has 0 saturated carbocycles. The lowest BCUT2D eigenvalue weighted by Crippen LogP contribution is -2.25. The van der Waals surface area contributed by atoms with Gasteiger partial charge in [0.1, 0.15) is 0 Å². The number of fused-ring (bicyclic) bond motifs is 1. The van der Waals surface area contributed by atoms with Crippen molar-refractivity contribution in [3.8, 4) is 0 Å². The standard InChI is InChI=1S/C14H18N2O3S.ClH/c17-14(11-4-6-20(18,19)9-11)16-13-2-1-10-3-5-15-8-12(10)7-13;/h1-2,7,11,15H,3-6,8-9H2,(H,16,17);1H. The van der Waals surface area contributed by atoms with Crippen LogP contribution in [-0.4, -0.2) is 32.4 Å². The molecule has 21 heavy (non-hydrogen) atoms. The van der Waals surface area contributed by atoms with Crippen LogP contribution < -0.4 is 10.6 Å². The van der Waals surface area contributed by atoms with Gasteiger partial charge in [-0.15, -0.1) is 12.4 Å². The zero-order valence-corrected chi connectivity index (χ0v) is 13.2. The summed E-state index contributed by atoms with van der Waals surface area (Å²) in [6.45, 7) is 1.80. The zero-order chi connectivity index (χ0) is 14.2. The van der Waals surface area contributed by atoms with Crippen molar-refractivity contribution in [3.63, 3.8) is 0 Å². The van der Waals surface area contributed by atoms with Crippen LogP contribution in [0, 0.1) is 5.92 Å². The fraction of sp³-hybridized carbons (Fsp3) is 0.500. The van der Waals surface area contributed by atoms with Crippen molar-refractivity contribution in [2.24, 2.45) is 5.92 Å². The molecule has 0 spiro atoms. The Morgan fingerprint density at radius 3 is 2.81 bits per heavy atom. The molecule has 0 bridgehead atoms.